The maximum atomic E-state index is 5.85. The highest BCUT2D eigenvalue weighted by molar-refractivity contribution is 7.99. The summed E-state index contributed by atoms with van der Waals surface area (Å²) < 4.78 is 0. The van der Waals surface area contributed by atoms with Gasteiger partial charge in [-0.05, 0) is 45.2 Å². The van der Waals surface area contributed by atoms with Crippen molar-refractivity contribution in [1.82, 2.24) is 4.90 Å². The van der Waals surface area contributed by atoms with Gasteiger partial charge in [0.1, 0.15) is 0 Å². The van der Waals surface area contributed by atoms with Crippen molar-refractivity contribution in [3.63, 3.8) is 0 Å². The molecule has 0 aromatic heterocycles. The van der Waals surface area contributed by atoms with Gasteiger partial charge in [-0.15, -0.1) is 0 Å². The first-order valence-electron chi connectivity index (χ1n) is 5.23. The van der Waals surface area contributed by atoms with E-state index < -0.39 is 0 Å². The second kappa shape index (κ2) is 5.89. The van der Waals surface area contributed by atoms with Gasteiger partial charge in [-0.25, -0.2) is 0 Å². The molecule has 1 atom stereocenters. The first-order valence-corrected chi connectivity index (χ1v) is 6.52. The van der Waals surface area contributed by atoms with E-state index in [4.69, 9.17) is 5.73 Å². The number of piperidine rings is 1. The second-order valence-electron chi connectivity index (χ2n) is 4.01. The predicted octanol–water partition coefficient (Wildman–Crippen LogP) is 1.55. The Morgan fingerprint density at radius 2 is 2.08 bits per heavy atom. The largest absolute Gasteiger partial charge is 0.328 e. The van der Waals surface area contributed by atoms with Crippen LogP contribution in [0.1, 0.15) is 26.2 Å². The predicted molar refractivity (Wildman–Crippen MR) is 61.2 cm³/mol. The number of hydrogen-bond acceptors (Lipinski definition) is 3. The highest BCUT2D eigenvalue weighted by Gasteiger charge is 2.15. The average Bonchev–Trinajstić information content (AvgIpc) is 2.16. The average molecular weight is 202 g/mol. The highest BCUT2D eigenvalue weighted by atomic mass is 32.2. The van der Waals surface area contributed by atoms with Crippen molar-refractivity contribution in [2.75, 3.05) is 25.9 Å². The van der Waals surface area contributed by atoms with Gasteiger partial charge < -0.3 is 10.6 Å². The van der Waals surface area contributed by atoms with Gasteiger partial charge in [0.15, 0.2) is 0 Å². The van der Waals surface area contributed by atoms with Crippen LogP contribution >= 0.6 is 11.8 Å². The van der Waals surface area contributed by atoms with Gasteiger partial charge in [-0.1, -0.05) is 6.92 Å². The van der Waals surface area contributed by atoms with Gasteiger partial charge in [-0.3, -0.25) is 0 Å². The van der Waals surface area contributed by atoms with Crippen molar-refractivity contribution in [3.05, 3.63) is 0 Å². The Morgan fingerprint density at radius 1 is 1.46 bits per heavy atom. The van der Waals surface area contributed by atoms with E-state index in [9.17, 15) is 0 Å². The molecule has 1 saturated heterocycles. The number of hydrogen-bond donors (Lipinski definition) is 1. The maximum Gasteiger partial charge on any atom is 0.00631 e. The molecule has 1 heterocycles. The van der Waals surface area contributed by atoms with Gasteiger partial charge in [0.25, 0.3) is 0 Å². The Balaban J connectivity index is 2.08. The maximum absolute atomic E-state index is 5.85. The standard InChI is InChI=1S/C10H22N2S/c1-9(13-2)3-6-12-7-4-10(11)5-8-12/h9-10H,3-8,11H2,1-2H3. The zero-order chi connectivity index (χ0) is 9.68. The molecule has 1 aliphatic rings. The topological polar surface area (TPSA) is 29.3 Å². The van der Waals surface area contributed by atoms with Crippen molar-refractivity contribution < 1.29 is 0 Å². The molecule has 0 spiro atoms. The number of rotatable bonds is 4. The smallest absolute Gasteiger partial charge is 0.00631 e. The molecule has 0 radical (unpaired) electrons. The Labute approximate surface area is 86.2 Å². The minimum Gasteiger partial charge on any atom is -0.328 e. The summed E-state index contributed by atoms with van der Waals surface area (Å²) in [6.07, 6.45) is 5.88. The van der Waals surface area contributed by atoms with Crippen LogP contribution in [0.4, 0.5) is 0 Å². The van der Waals surface area contributed by atoms with E-state index in [-0.39, 0.29) is 0 Å². The lowest BCUT2D eigenvalue weighted by molar-refractivity contribution is 0.211. The van der Waals surface area contributed by atoms with Crippen molar-refractivity contribution in [2.24, 2.45) is 5.73 Å². The number of nitrogens with zero attached hydrogens (tertiary/aromatic N) is 1. The van der Waals surface area contributed by atoms with Gasteiger partial charge in [0.05, 0.1) is 0 Å². The van der Waals surface area contributed by atoms with Crippen LogP contribution in [-0.4, -0.2) is 42.1 Å². The molecule has 0 amide bonds. The summed E-state index contributed by atoms with van der Waals surface area (Å²) in [5, 5.41) is 0.801. The van der Waals surface area contributed by atoms with Crippen LogP contribution in [0.5, 0.6) is 0 Å². The first-order chi connectivity index (χ1) is 6.22. The number of likely N-dealkylation sites (tertiary alicyclic amines) is 1. The second-order valence-corrected chi connectivity index (χ2v) is 5.29. The van der Waals surface area contributed by atoms with Crippen molar-refractivity contribution in [2.45, 2.75) is 37.5 Å². The van der Waals surface area contributed by atoms with Crippen molar-refractivity contribution in [1.29, 1.82) is 0 Å². The summed E-state index contributed by atoms with van der Waals surface area (Å²) in [5.74, 6) is 0. The Kier molecular flexibility index (Phi) is 5.14. The molecule has 0 aromatic rings. The third kappa shape index (κ3) is 4.34. The lowest BCUT2D eigenvalue weighted by Gasteiger charge is -2.30. The monoisotopic (exact) mass is 202 g/mol. The fourth-order valence-corrected chi connectivity index (χ4v) is 2.00. The molecule has 13 heavy (non-hydrogen) atoms. The van der Waals surface area contributed by atoms with Crippen LogP contribution in [0, 0.1) is 0 Å². The minimum atomic E-state index is 0.467. The van der Waals surface area contributed by atoms with Gasteiger partial charge in [0, 0.05) is 11.3 Å². The van der Waals surface area contributed by atoms with E-state index >= 15 is 0 Å². The van der Waals surface area contributed by atoms with Crippen LogP contribution in [0.15, 0.2) is 0 Å². The van der Waals surface area contributed by atoms with Crippen LogP contribution in [0.2, 0.25) is 0 Å². The summed E-state index contributed by atoms with van der Waals surface area (Å²) in [6.45, 7) is 5.99. The zero-order valence-electron chi connectivity index (χ0n) is 8.83. The van der Waals surface area contributed by atoms with E-state index in [0.29, 0.717) is 6.04 Å². The molecule has 0 aromatic carbocycles. The summed E-state index contributed by atoms with van der Waals surface area (Å²) in [4.78, 5) is 2.55. The molecule has 2 N–H and O–H groups in total. The molecule has 0 bridgehead atoms. The van der Waals surface area contributed by atoms with Crippen LogP contribution in [0.25, 0.3) is 0 Å². The van der Waals surface area contributed by atoms with Crippen LogP contribution in [0.3, 0.4) is 0 Å². The first kappa shape index (κ1) is 11.3. The van der Waals surface area contributed by atoms with Crippen molar-refractivity contribution >= 4 is 11.8 Å². The fourth-order valence-electron chi connectivity index (χ4n) is 1.66. The normalized spacial score (nSPS) is 23.3. The molecule has 0 aliphatic carbocycles. The molecule has 2 nitrogen and oxygen atoms in total. The highest BCUT2D eigenvalue weighted by Crippen LogP contribution is 2.13. The molecule has 78 valence electrons. The van der Waals surface area contributed by atoms with E-state index in [2.05, 4.69) is 18.1 Å². The molecule has 3 heteroatoms. The molecular weight excluding hydrogens is 180 g/mol. The quantitative estimate of drug-likeness (QED) is 0.750. The van der Waals surface area contributed by atoms with Crippen LogP contribution < -0.4 is 5.73 Å². The molecule has 0 saturated carbocycles. The molecule has 1 unspecified atom stereocenters. The lowest BCUT2D eigenvalue weighted by atomic mass is 10.1. The third-order valence-corrected chi connectivity index (χ3v) is 3.93. The van der Waals surface area contributed by atoms with Gasteiger partial charge in [0.2, 0.25) is 0 Å². The SMILES string of the molecule is CSC(C)CCN1CCC(N)CC1. The molecule has 1 aliphatic heterocycles. The zero-order valence-corrected chi connectivity index (χ0v) is 9.65. The van der Waals surface area contributed by atoms with Crippen LogP contribution in [-0.2, 0) is 0 Å². The summed E-state index contributed by atoms with van der Waals surface area (Å²) in [6, 6.07) is 0.467. The Morgan fingerprint density at radius 3 is 2.62 bits per heavy atom. The number of thioether (sulfide) groups is 1. The van der Waals surface area contributed by atoms with Gasteiger partial charge >= 0.3 is 0 Å². The summed E-state index contributed by atoms with van der Waals surface area (Å²) >= 11 is 1.96. The van der Waals surface area contributed by atoms with Gasteiger partial charge in [-0.2, -0.15) is 11.8 Å². The number of nitrogens with two attached hydrogens (primary N) is 1. The van der Waals surface area contributed by atoms with E-state index in [1.54, 1.807) is 0 Å². The van der Waals surface area contributed by atoms with Crippen molar-refractivity contribution in [3.8, 4) is 0 Å². The van der Waals surface area contributed by atoms with E-state index in [1.807, 2.05) is 11.8 Å². The van der Waals surface area contributed by atoms with E-state index in [0.717, 1.165) is 5.25 Å². The molecule has 1 fully saturated rings. The summed E-state index contributed by atoms with van der Waals surface area (Å²) in [5.41, 5.74) is 5.85. The lowest BCUT2D eigenvalue weighted by Crippen LogP contribution is -2.40. The molecule has 1 rings (SSSR count). The fraction of sp³-hybridized carbons (Fsp3) is 1.00. The third-order valence-electron chi connectivity index (χ3n) is 2.89. The molecular formula is C10H22N2S. The van der Waals surface area contributed by atoms with E-state index in [1.165, 1.54) is 38.9 Å². The minimum absolute atomic E-state index is 0.467. The summed E-state index contributed by atoms with van der Waals surface area (Å²) in [7, 11) is 0. The Hall–Kier alpha value is 0.270. The Bertz CT molecular complexity index is 133.